The van der Waals surface area contributed by atoms with Gasteiger partial charge >= 0.3 is 0 Å². The highest BCUT2D eigenvalue weighted by Crippen LogP contribution is 2.19. The highest BCUT2D eigenvalue weighted by Gasteiger charge is 2.25. The number of hydrogen-bond donors (Lipinski definition) is 1. The van der Waals surface area contributed by atoms with E-state index in [-0.39, 0.29) is 5.91 Å². The molecule has 0 radical (unpaired) electrons. The number of carbonyl (C=O) groups is 1. The molecule has 1 heterocycles. The Morgan fingerprint density at radius 3 is 2.75 bits per heavy atom. The summed E-state index contributed by atoms with van der Waals surface area (Å²) < 4.78 is 0. The second-order valence-electron chi connectivity index (χ2n) is 5.92. The molecule has 0 aromatic heterocycles. The normalized spacial score (nSPS) is 17.0. The summed E-state index contributed by atoms with van der Waals surface area (Å²) in [5.74, 6) is 0.725. The van der Waals surface area contributed by atoms with Crippen molar-refractivity contribution in [3.05, 3.63) is 35.4 Å². The summed E-state index contributed by atoms with van der Waals surface area (Å²) in [7, 11) is 0. The smallest absolute Gasteiger partial charge is 0.254 e. The molecular weight excluding hydrogens is 248 g/mol. The first-order chi connectivity index (χ1) is 9.63. The minimum atomic E-state index is 0.196. The van der Waals surface area contributed by atoms with Crippen molar-refractivity contribution >= 4 is 5.91 Å². The number of hydrogen-bond acceptors (Lipinski definition) is 2. The molecule has 0 saturated heterocycles. The van der Waals surface area contributed by atoms with E-state index in [4.69, 9.17) is 0 Å². The van der Waals surface area contributed by atoms with Crippen molar-refractivity contribution in [2.75, 3.05) is 19.6 Å². The minimum Gasteiger partial charge on any atom is -0.337 e. The van der Waals surface area contributed by atoms with Gasteiger partial charge in [-0.2, -0.15) is 0 Å². The number of amides is 1. The predicted octanol–water partition coefficient (Wildman–Crippen LogP) is 2.71. The van der Waals surface area contributed by atoms with Gasteiger partial charge in [-0.15, -0.1) is 0 Å². The van der Waals surface area contributed by atoms with Gasteiger partial charge in [0.15, 0.2) is 0 Å². The first kappa shape index (κ1) is 15.0. The van der Waals surface area contributed by atoms with Crippen LogP contribution in [0.1, 0.15) is 43.1 Å². The fourth-order valence-corrected chi connectivity index (χ4v) is 2.86. The lowest BCUT2D eigenvalue weighted by Gasteiger charge is -2.29. The van der Waals surface area contributed by atoms with Crippen molar-refractivity contribution in [1.29, 1.82) is 0 Å². The molecule has 1 atom stereocenters. The molecule has 1 aliphatic rings. The van der Waals surface area contributed by atoms with Gasteiger partial charge in [-0.05, 0) is 36.9 Å². The molecule has 3 nitrogen and oxygen atoms in total. The zero-order chi connectivity index (χ0) is 14.5. The van der Waals surface area contributed by atoms with Gasteiger partial charge in [-0.25, -0.2) is 0 Å². The largest absolute Gasteiger partial charge is 0.337 e. The third kappa shape index (κ3) is 3.40. The van der Waals surface area contributed by atoms with Crippen molar-refractivity contribution in [2.24, 2.45) is 5.92 Å². The van der Waals surface area contributed by atoms with Crippen LogP contribution in [-0.2, 0) is 6.42 Å². The fourth-order valence-electron chi connectivity index (χ4n) is 2.86. The Balaban J connectivity index is 2.15. The average molecular weight is 274 g/mol. The highest BCUT2D eigenvalue weighted by molar-refractivity contribution is 5.96. The molecule has 1 amide bonds. The zero-order valence-electron chi connectivity index (χ0n) is 12.9. The summed E-state index contributed by atoms with van der Waals surface area (Å²) in [6, 6.07) is 8.41. The molecule has 0 fully saturated rings. The predicted molar refractivity (Wildman–Crippen MR) is 83.0 cm³/mol. The third-order valence-electron chi connectivity index (χ3n) is 4.10. The molecule has 20 heavy (non-hydrogen) atoms. The third-order valence-corrected chi connectivity index (χ3v) is 4.10. The molecule has 110 valence electrons. The molecule has 1 N–H and O–H groups in total. The van der Waals surface area contributed by atoms with E-state index < -0.39 is 0 Å². The number of benzene rings is 1. The van der Waals surface area contributed by atoms with Gasteiger partial charge in [0, 0.05) is 24.7 Å². The Morgan fingerprint density at radius 2 is 2.05 bits per heavy atom. The minimum absolute atomic E-state index is 0.196. The monoisotopic (exact) mass is 274 g/mol. The molecule has 0 aliphatic carbocycles. The van der Waals surface area contributed by atoms with Crippen molar-refractivity contribution < 1.29 is 4.79 Å². The van der Waals surface area contributed by atoms with Gasteiger partial charge in [0.05, 0.1) is 0 Å². The van der Waals surface area contributed by atoms with Crippen LogP contribution < -0.4 is 5.32 Å². The molecule has 1 aromatic rings. The summed E-state index contributed by atoms with van der Waals surface area (Å²) in [6.45, 7) is 9.16. The second-order valence-corrected chi connectivity index (χ2v) is 5.92. The maximum absolute atomic E-state index is 12.7. The standard InChI is InChI=1S/C17H26N2O/c1-4-18-16(13(2)3)12-19-11-7-9-14-8-5-6-10-15(14)17(19)20/h5-6,8,10,13,16,18H,4,7,9,11-12H2,1-3H3. The van der Waals surface area contributed by atoms with Crippen LogP contribution in [0.3, 0.4) is 0 Å². The van der Waals surface area contributed by atoms with Gasteiger partial charge in [-0.3, -0.25) is 4.79 Å². The van der Waals surface area contributed by atoms with Crippen molar-refractivity contribution in [2.45, 2.75) is 39.7 Å². The molecule has 0 bridgehead atoms. The SMILES string of the molecule is CCNC(CN1CCCc2ccccc2C1=O)C(C)C. The van der Waals surface area contributed by atoms with Crippen LogP contribution in [0.15, 0.2) is 24.3 Å². The number of fused-ring (bicyclic) bond motifs is 1. The summed E-state index contributed by atoms with van der Waals surface area (Å²) >= 11 is 0. The van der Waals surface area contributed by atoms with Crippen LogP contribution in [-0.4, -0.2) is 36.5 Å². The first-order valence-corrected chi connectivity index (χ1v) is 7.74. The van der Waals surface area contributed by atoms with Gasteiger partial charge in [-0.1, -0.05) is 39.0 Å². The number of likely N-dealkylation sites (N-methyl/N-ethyl adjacent to an activating group) is 1. The summed E-state index contributed by atoms with van der Waals surface area (Å²) in [5, 5.41) is 3.50. The topological polar surface area (TPSA) is 32.3 Å². The van der Waals surface area contributed by atoms with Crippen LogP contribution in [0.25, 0.3) is 0 Å². The van der Waals surface area contributed by atoms with Gasteiger partial charge in [0.25, 0.3) is 5.91 Å². The molecule has 1 unspecified atom stereocenters. The Hall–Kier alpha value is -1.35. The quantitative estimate of drug-likeness (QED) is 0.895. The lowest BCUT2D eigenvalue weighted by Crippen LogP contribution is -2.46. The zero-order valence-corrected chi connectivity index (χ0v) is 12.9. The molecule has 1 aliphatic heterocycles. The fraction of sp³-hybridized carbons (Fsp3) is 0.588. The van der Waals surface area contributed by atoms with Crippen LogP contribution in [0.4, 0.5) is 0 Å². The molecule has 2 rings (SSSR count). The average Bonchev–Trinajstić information content (AvgIpc) is 2.59. The number of aryl methyl sites for hydroxylation is 1. The summed E-state index contributed by atoms with van der Waals surface area (Å²) in [5.41, 5.74) is 2.09. The second kappa shape index (κ2) is 6.89. The van der Waals surface area contributed by atoms with Crippen molar-refractivity contribution in [3.63, 3.8) is 0 Å². The van der Waals surface area contributed by atoms with Gasteiger partial charge in [0.2, 0.25) is 0 Å². The summed E-state index contributed by atoms with van der Waals surface area (Å²) in [6.07, 6.45) is 2.06. The van der Waals surface area contributed by atoms with Crippen LogP contribution in [0, 0.1) is 5.92 Å². The first-order valence-electron chi connectivity index (χ1n) is 7.74. The molecule has 0 spiro atoms. The maximum atomic E-state index is 12.7. The van der Waals surface area contributed by atoms with E-state index in [9.17, 15) is 4.79 Å². The van der Waals surface area contributed by atoms with E-state index in [0.717, 1.165) is 38.0 Å². The Kier molecular flexibility index (Phi) is 5.18. The lowest BCUT2D eigenvalue weighted by molar-refractivity contribution is 0.0733. The number of carbonyl (C=O) groups excluding carboxylic acids is 1. The van der Waals surface area contributed by atoms with Gasteiger partial charge in [0.1, 0.15) is 0 Å². The van der Waals surface area contributed by atoms with E-state index in [1.54, 1.807) is 0 Å². The van der Waals surface area contributed by atoms with Crippen LogP contribution >= 0.6 is 0 Å². The van der Waals surface area contributed by atoms with Crippen LogP contribution in [0.5, 0.6) is 0 Å². The van der Waals surface area contributed by atoms with Crippen molar-refractivity contribution in [3.8, 4) is 0 Å². The van der Waals surface area contributed by atoms with E-state index in [1.807, 2.05) is 23.1 Å². The van der Waals surface area contributed by atoms with Crippen molar-refractivity contribution in [1.82, 2.24) is 10.2 Å². The van der Waals surface area contributed by atoms with E-state index >= 15 is 0 Å². The number of nitrogens with zero attached hydrogens (tertiary/aromatic N) is 1. The van der Waals surface area contributed by atoms with E-state index in [1.165, 1.54) is 5.56 Å². The molecular formula is C17H26N2O. The number of nitrogens with one attached hydrogen (secondary N) is 1. The molecule has 0 saturated carbocycles. The maximum Gasteiger partial charge on any atom is 0.254 e. The van der Waals surface area contributed by atoms with E-state index in [0.29, 0.717) is 12.0 Å². The van der Waals surface area contributed by atoms with Crippen LogP contribution in [0.2, 0.25) is 0 Å². The highest BCUT2D eigenvalue weighted by atomic mass is 16.2. The number of rotatable bonds is 5. The van der Waals surface area contributed by atoms with E-state index in [2.05, 4.69) is 32.2 Å². The van der Waals surface area contributed by atoms with Gasteiger partial charge < -0.3 is 10.2 Å². The lowest BCUT2D eigenvalue weighted by atomic mass is 10.0. The Morgan fingerprint density at radius 1 is 1.30 bits per heavy atom. The Labute approximate surface area is 122 Å². The summed E-state index contributed by atoms with van der Waals surface area (Å²) in [4.78, 5) is 14.7. The Bertz CT molecular complexity index is 456. The molecule has 3 heteroatoms. The molecule has 1 aromatic carbocycles.